The van der Waals surface area contributed by atoms with Gasteiger partial charge in [0.2, 0.25) is 0 Å². The number of nitrogens with zero attached hydrogens (tertiary/aromatic N) is 3. The maximum atomic E-state index is 12.1. The van der Waals surface area contributed by atoms with Crippen molar-refractivity contribution in [3.05, 3.63) is 21.0 Å². The predicted octanol–water partition coefficient (Wildman–Crippen LogP) is 2.24. The van der Waals surface area contributed by atoms with E-state index in [4.69, 9.17) is 0 Å². The summed E-state index contributed by atoms with van der Waals surface area (Å²) in [5, 5.41) is 7.75. The molecule has 5 nitrogen and oxygen atoms in total. The standard InChI is InChI=1S/C15H25BrN4O/c1-4-17-11(3)12-6-8-19(9-7-12)13-10-18-20(5-2)15(21)14(13)16/h10-12,17H,4-9H2,1-3H3. The Morgan fingerprint density at radius 1 is 1.43 bits per heavy atom. The molecule has 1 atom stereocenters. The van der Waals surface area contributed by atoms with E-state index in [0.717, 1.165) is 38.2 Å². The third kappa shape index (κ3) is 3.66. The van der Waals surface area contributed by atoms with Crippen LogP contribution in [0, 0.1) is 5.92 Å². The number of anilines is 1. The average molecular weight is 357 g/mol. The number of aromatic nitrogens is 2. The first-order valence-corrected chi connectivity index (χ1v) is 8.61. The minimum Gasteiger partial charge on any atom is -0.369 e. The second-order valence-electron chi connectivity index (χ2n) is 5.64. The molecule has 0 radical (unpaired) electrons. The van der Waals surface area contributed by atoms with E-state index in [2.05, 4.69) is 45.1 Å². The minimum atomic E-state index is -0.0434. The fourth-order valence-electron chi connectivity index (χ4n) is 3.03. The Hall–Kier alpha value is -0.880. The summed E-state index contributed by atoms with van der Waals surface area (Å²) in [4.78, 5) is 14.4. The zero-order valence-corrected chi connectivity index (χ0v) is 14.7. The summed E-state index contributed by atoms with van der Waals surface area (Å²) >= 11 is 3.45. The van der Waals surface area contributed by atoms with Gasteiger partial charge < -0.3 is 10.2 Å². The van der Waals surface area contributed by atoms with Crippen molar-refractivity contribution in [2.45, 2.75) is 46.2 Å². The molecule has 1 N–H and O–H groups in total. The van der Waals surface area contributed by atoms with E-state index in [9.17, 15) is 4.79 Å². The van der Waals surface area contributed by atoms with Crippen LogP contribution in [-0.2, 0) is 6.54 Å². The number of nitrogens with one attached hydrogen (secondary N) is 1. The van der Waals surface area contributed by atoms with Gasteiger partial charge in [-0.15, -0.1) is 0 Å². The fraction of sp³-hybridized carbons (Fsp3) is 0.733. The highest BCUT2D eigenvalue weighted by Gasteiger charge is 2.25. The lowest BCUT2D eigenvalue weighted by Crippen LogP contribution is -2.42. The molecule has 1 aromatic rings. The quantitative estimate of drug-likeness (QED) is 0.878. The van der Waals surface area contributed by atoms with Crippen LogP contribution in [0.3, 0.4) is 0 Å². The van der Waals surface area contributed by atoms with Crippen LogP contribution < -0.4 is 15.8 Å². The van der Waals surface area contributed by atoms with E-state index in [0.29, 0.717) is 23.0 Å². The monoisotopic (exact) mass is 356 g/mol. The normalized spacial score (nSPS) is 18.0. The van der Waals surface area contributed by atoms with Crippen molar-refractivity contribution >= 4 is 21.6 Å². The van der Waals surface area contributed by atoms with Crippen molar-refractivity contribution in [3.8, 4) is 0 Å². The van der Waals surface area contributed by atoms with Gasteiger partial charge in [-0.25, -0.2) is 4.68 Å². The third-order valence-corrected chi connectivity index (χ3v) is 5.12. The van der Waals surface area contributed by atoms with Crippen molar-refractivity contribution in [2.24, 2.45) is 5.92 Å². The molecule has 6 heteroatoms. The van der Waals surface area contributed by atoms with Crippen LogP contribution in [0.2, 0.25) is 0 Å². The van der Waals surface area contributed by atoms with Crippen LogP contribution in [0.25, 0.3) is 0 Å². The molecule has 0 aliphatic carbocycles. The zero-order valence-electron chi connectivity index (χ0n) is 13.1. The predicted molar refractivity (Wildman–Crippen MR) is 89.9 cm³/mol. The molecule has 1 aliphatic rings. The summed E-state index contributed by atoms with van der Waals surface area (Å²) in [6.45, 7) is 9.92. The van der Waals surface area contributed by atoms with Gasteiger partial charge in [-0.05, 0) is 55.1 Å². The van der Waals surface area contributed by atoms with Crippen LogP contribution in [0.5, 0.6) is 0 Å². The van der Waals surface area contributed by atoms with E-state index in [1.165, 1.54) is 4.68 Å². The lowest BCUT2D eigenvalue weighted by Gasteiger charge is -2.36. The summed E-state index contributed by atoms with van der Waals surface area (Å²) < 4.78 is 2.12. The van der Waals surface area contributed by atoms with E-state index < -0.39 is 0 Å². The Morgan fingerprint density at radius 3 is 2.67 bits per heavy atom. The lowest BCUT2D eigenvalue weighted by molar-refractivity contribution is 0.314. The first-order valence-electron chi connectivity index (χ1n) is 7.82. The average Bonchev–Trinajstić information content (AvgIpc) is 2.50. The molecule has 0 aromatic carbocycles. The Labute approximate surface area is 134 Å². The first kappa shape index (κ1) is 16.5. The molecule has 1 saturated heterocycles. The molecule has 1 aromatic heterocycles. The van der Waals surface area contributed by atoms with Crippen LogP contribution in [0.4, 0.5) is 5.69 Å². The maximum Gasteiger partial charge on any atom is 0.283 e. The second-order valence-corrected chi connectivity index (χ2v) is 6.43. The summed E-state index contributed by atoms with van der Waals surface area (Å²) in [6.07, 6.45) is 4.11. The number of halogens is 1. The highest BCUT2D eigenvalue weighted by molar-refractivity contribution is 9.10. The van der Waals surface area contributed by atoms with Crippen LogP contribution >= 0.6 is 15.9 Å². The van der Waals surface area contributed by atoms with Gasteiger partial charge in [0.1, 0.15) is 4.47 Å². The molecule has 0 spiro atoms. The van der Waals surface area contributed by atoms with Gasteiger partial charge in [0.25, 0.3) is 5.56 Å². The van der Waals surface area contributed by atoms with Crippen molar-refractivity contribution in [2.75, 3.05) is 24.5 Å². The van der Waals surface area contributed by atoms with E-state index in [1.54, 1.807) is 0 Å². The van der Waals surface area contributed by atoms with E-state index in [-0.39, 0.29) is 5.56 Å². The summed E-state index contributed by atoms with van der Waals surface area (Å²) in [6, 6.07) is 0.562. The van der Waals surface area contributed by atoms with Gasteiger partial charge in [-0.1, -0.05) is 6.92 Å². The smallest absolute Gasteiger partial charge is 0.283 e. The van der Waals surface area contributed by atoms with Crippen molar-refractivity contribution in [1.29, 1.82) is 0 Å². The van der Waals surface area contributed by atoms with Crippen molar-refractivity contribution in [1.82, 2.24) is 15.1 Å². The fourth-order valence-corrected chi connectivity index (χ4v) is 3.59. The van der Waals surface area contributed by atoms with Gasteiger partial charge in [0, 0.05) is 25.7 Å². The first-order chi connectivity index (χ1) is 10.1. The van der Waals surface area contributed by atoms with Crippen LogP contribution in [0.15, 0.2) is 15.5 Å². The third-order valence-electron chi connectivity index (χ3n) is 4.38. The Morgan fingerprint density at radius 2 is 2.10 bits per heavy atom. The summed E-state index contributed by atoms with van der Waals surface area (Å²) in [5.74, 6) is 0.712. The largest absolute Gasteiger partial charge is 0.369 e. The molecule has 0 saturated carbocycles. The van der Waals surface area contributed by atoms with Crippen LogP contribution in [0.1, 0.15) is 33.6 Å². The number of aryl methyl sites for hydroxylation is 1. The Bertz CT molecular complexity index is 523. The second kappa shape index (κ2) is 7.40. The molecular weight excluding hydrogens is 332 g/mol. The topological polar surface area (TPSA) is 50.2 Å². The molecule has 1 unspecified atom stereocenters. The molecule has 118 valence electrons. The zero-order chi connectivity index (χ0) is 15.4. The summed E-state index contributed by atoms with van der Waals surface area (Å²) in [7, 11) is 0. The molecule has 2 rings (SSSR count). The van der Waals surface area contributed by atoms with Crippen LogP contribution in [-0.4, -0.2) is 35.5 Å². The van der Waals surface area contributed by atoms with E-state index >= 15 is 0 Å². The minimum absolute atomic E-state index is 0.0434. The molecule has 2 heterocycles. The van der Waals surface area contributed by atoms with Gasteiger partial charge in [0.05, 0.1) is 11.9 Å². The summed E-state index contributed by atoms with van der Waals surface area (Å²) in [5.41, 5.74) is 0.886. The van der Waals surface area contributed by atoms with Gasteiger partial charge in [-0.3, -0.25) is 4.79 Å². The number of hydrogen-bond acceptors (Lipinski definition) is 4. The highest BCUT2D eigenvalue weighted by atomic mass is 79.9. The molecule has 1 aliphatic heterocycles. The lowest BCUT2D eigenvalue weighted by atomic mass is 9.90. The molecular formula is C15H25BrN4O. The molecule has 1 fully saturated rings. The van der Waals surface area contributed by atoms with Gasteiger partial charge in [-0.2, -0.15) is 5.10 Å². The number of hydrogen-bond donors (Lipinski definition) is 1. The molecule has 0 amide bonds. The molecule has 21 heavy (non-hydrogen) atoms. The Balaban J connectivity index is 2.06. The maximum absolute atomic E-state index is 12.1. The van der Waals surface area contributed by atoms with E-state index in [1.807, 2.05) is 13.1 Å². The van der Waals surface area contributed by atoms with Crippen molar-refractivity contribution < 1.29 is 0 Å². The highest BCUT2D eigenvalue weighted by Crippen LogP contribution is 2.28. The van der Waals surface area contributed by atoms with Gasteiger partial charge >= 0.3 is 0 Å². The number of piperidine rings is 1. The van der Waals surface area contributed by atoms with Crippen molar-refractivity contribution in [3.63, 3.8) is 0 Å². The van der Waals surface area contributed by atoms with Gasteiger partial charge in [0.15, 0.2) is 0 Å². The SMILES string of the molecule is CCNC(C)C1CCN(c2cnn(CC)c(=O)c2Br)CC1. The molecule has 0 bridgehead atoms. The number of rotatable bonds is 5. The Kier molecular flexibility index (Phi) is 5.81.